The van der Waals surface area contributed by atoms with Gasteiger partial charge in [-0.1, -0.05) is 73.4 Å². The molecule has 5 nitrogen and oxygen atoms in total. The van der Waals surface area contributed by atoms with Gasteiger partial charge in [0.25, 0.3) is 20.0 Å². The smallest absolute Gasteiger partial charge is 0.205 e. The zero-order valence-corrected chi connectivity index (χ0v) is 25.2. The second-order valence-electron chi connectivity index (χ2n) is 9.83. The first-order chi connectivity index (χ1) is 19.8. The number of rotatable bonds is 7. The molecule has 244 valence electrons. The molecule has 0 radical (unpaired) electrons. The molecule has 0 unspecified atom stereocenters. The Morgan fingerprint density at radius 2 is 0.795 bits per heavy atom. The zero-order chi connectivity index (χ0) is 34.0. The first-order valence-electron chi connectivity index (χ1n) is 11.9. The van der Waals surface area contributed by atoms with Crippen molar-refractivity contribution in [3.05, 3.63) is 90.5 Å². The standard InChI is InChI=1S/C22H23S.C4HF10NO4S2/c1-22(2,3)18-14-16-21(17-15-18)23(19-10-6-4-7-11-19)20-12-8-5-9-13-20;5-1(6,7)3(11,12)20(16,17)15-21(18,19)4(13,14)2(8,9)10/h4-17H,1-3H3;15H/q+1;. The minimum absolute atomic E-state index is 0.0497. The fraction of sp³-hybridized carbons (Fsp3) is 0.308. The topological polar surface area (TPSA) is 80.3 Å². The van der Waals surface area contributed by atoms with Crippen LogP contribution in [-0.4, -0.2) is 39.7 Å². The van der Waals surface area contributed by atoms with Gasteiger partial charge in [0.15, 0.2) is 14.7 Å². The van der Waals surface area contributed by atoms with Crippen molar-refractivity contribution < 1.29 is 60.7 Å². The molecule has 0 amide bonds. The molecule has 0 aliphatic carbocycles. The van der Waals surface area contributed by atoms with Gasteiger partial charge < -0.3 is 0 Å². The average Bonchev–Trinajstić information content (AvgIpc) is 2.88. The first-order valence-corrected chi connectivity index (χ1v) is 16.1. The number of hydrogen-bond acceptors (Lipinski definition) is 4. The van der Waals surface area contributed by atoms with E-state index in [9.17, 15) is 60.7 Å². The largest absolute Gasteiger partial charge is 0.471 e. The van der Waals surface area contributed by atoms with E-state index in [4.69, 9.17) is 0 Å². The molecule has 0 fully saturated rings. The third-order valence-corrected chi connectivity index (χ3v) is 11.3. The lowest BCUT2D eigenvalue weighted by atomic mass is 9.87. The summed E-state index contributed by atoms with van der Waals surface area (Å²) in [5.74, 6) is 0. The molecular formula is C26H24F10NO4S3+. The van der Waals surface area contributed by atoms with Crippen molar-refractivity contribution in [1.29, 1.82) is 0 Å². The molecule has 0 bridgehead atoms. The summed E-state index contributed by atoms with van der Waals surface area (Å²) in [5.41, 5.74) is 1.57. The highest BCUT2D eigenvalue weighted by molar-refractivity contribution is 8.05. The van der Waals surface area contributed by atoms with Crippen LogP contribution in [0.5, 0.6) is 0 Å². The van der Waals surface area contributed by atoms with Crippen LogP contribution in [0.2, 0.25) is 0 Å². The summed E-state index contributed by atoms with van der Waals surface area (Å²) < 4.78 is 160. The third kappa shape index (κ3) is 8.25. The average molecular weight is 701 g/mol. The molecule has 3 aromatic rings. The summed E-state index contributed by atoms with van der Waals surface area (Å²) in [6, 6.07) is 30.7. The molecule has 0 saturated heterocycles. The molecule has 0 heterocycles. The van der Waals surface area contributed by atoms with E-state index < -0.39 is 47.0 Å². The predicted molar refractivity (Wildman–Crippen MR) is 143 cm³/mol. The number of benzene rings is 3. The molecule has 0 aromatic heterocycles. The highest BCUT2D eigenvalue weighted by Crippen LogP contribution is 2.43. The van der Waals surface area contributed by atoms with Crippen molar-refractivity contribution in [3.8, 4) is 0 Å². The van der Waals surface area contributed by atoms with Crippen molar-refractivity contribution in [3.63, 3.8) is 0 Å². The molecule has 0 spiro atoms. The summed E-state index contributed by atoms with van der Waals surface area (Å²) >= 11 is 0. The van der Waals surface area contributed by atoms with Gasteiger partial charge in [0.2, 0.25) is 0 Å². The predicted octanol–water partition coefficient (Wildman–Crippen LogP) is 7.63. The van der Waals surface area contributed by atoms with Crippen molar-refractivity contribution in [1.82, 2.24) is 4.13 Å². The molecule has 18 heteroatoms. The van der Waals surface area contributed by atoms with E-state index in [1.54, 1.807) is 0 Å². The van der Waals surface area contributed by atoms with Crippen molar-refractivity contribution >= 4 is 30.9 Å². The summed E-state index contributed by atoms with van der Waals surface area (Å²) in [6.45, 7) is 6.78. The lowest BCUT2D eigenvalue weighted by Crippen LogP contribution is -2.57. The quantitative estimate of drug-likeness (QED) is 0.203. The van der Waals surface area contributed by atoms with Gasteiger partial charge in [0.1, 0.15) is 0 Å². The van der Waals surface area contributed by atoms with Crippen LogP contribution in [-0.2, 0) is 36.4 Å². The summed E-state index contributed by atoms with van der Waals surface area (Å²) in [4.78, 5) is 4.10. The second-order valence-corrected chi connectivity index (χ2v) is 15.6. The van der Waals surface area contributed by atoms with Gasteiger partial charge in [-0.25, -0.2) is 16.8 Å². The molecule has 3 rings (SSSR count). The lowest BCUT2D eigenvalue weighted by molar-refractivity contribution is -0.242. The Bertz CT molecular complexity index is 1510. The van der Waals surface area contributed by atoms with Crippen LogP contribution in [0.3, 0.4) is 0 Å². The Kier molecular flexibility index (Phi) is 10.9. The van der Waals surface area contributed by atoms with Crippen LogP contribution in [0.1, 0.15) is 26.3 Å². The van der Waals surface area contributed by atoms with Crippen LogP contribution in [0.4, 0.5) is 43.9 Å². The highest BCUT2D eigenvalue weighted by Gasteiger charge is 2.73. The molecule has 44 heavy (non-hydrogen) atoms. The minimum atomic E-state index is -7.49. The lowest BCUT2D eigenvalue weighted by Gasteiger charge is -2.23. The fourth-order valence-electron chi connectivity index (χ4n) is 3.17. The summed E-state index contributed by atoms with van der Waals surface area (Å²) in [6.07, 6.45) is -13.9. The normalized spacial score (nSPS) is 13.8. The van der Waals surface area contributed by atoms with Crippen LogP contribution < -0.4 is 4.13 Å². The molecular weight excluding hydrogens is 676 g/mol. The fourth-order valence-corrected chi connectivity index (χ4v) is 7.85. The first kappa shape index (κ1) is 37.4. The minimum Gasteiger partial charge on any atom is -0.205 e. The number of halogens is 10. The van der Waals surface area contributed by atoms with Crippen LogP contribution in [0.15, 0.2) is 99.6 Å². The van der Waals surface area contributed by atoms with Gasteiger partial charge in [0, 0.05) is 0 Å². The molecule has 1 N–H and O–H groups in total. The number of alkyl halides is 10. The van der Waals surface area contributed by atoms with Gasteiger partial charge in [-0.15, -0.1) is 0 Å². The Morgan fingerprint density at radius 3 is 1.07 bits per heavy atom. The zero-order valence-electron chi connectivity index (χ0n) is 22.7. The van der Waals surface area contributed by atoms with Gasteiger partial charge >= 0.3 is 22.9 Å². The molecule has 0 saturated carbocycles. The van der Waals surface area contributed by atoms with E-state index in [1.807, 2.05) is 0 Å². The van der Waals surface area contributed by atoms with E-state index in [-0.39, 0.29) is 16.3 Å². The van der Waals surface area contributed by atoms with Crippen molar-refractivity contribution in [2.24, 2.45) is 0 Å². The monoisotopic (exact) mass is 700 g/mol. The maximum absolute atomic E-state index is 12.4. The maximum atomic E-state index is 12.4. The van der Waals surface area contributed by atoms with Gasteiger partial charge in [0.05, 0.1) is 10.9 Å². The Hall–Kier alpha value is -2.83. The summed E-state index contributed by atoms with van der Waals surface area (Å²) in [5, 5.41) is -13.9. The molecule has 0 aliphatic rings. The summed E-state index contributed by atoms with van der Waals surface area (Å²) in [7, 11) is -15.0. The van der Waals surface area contributed by atoms with E-state index in [2.05, 4.69) is 106 Å². The number of nitrogens with one attached hydrogen (secondary N) is 1. The Balaban J connectivity index is 0.000000309. The van der Waals surface area contributed by atoms with Crippen LogP contribution >= 0.6 is 0 Å². The highest BCUT2D eigenvalue weighted by atomic mass is 32.3. The van der Waals surface area contributed by atoms with Gasteiger partial charge in [-0.3, -0.25) is 0 Å². The maximum Gasteiger partial charge on any atom is 0.471 e. The van der Waals surface area contributed by atoms with E-state index in [0.717, 1.165) is 0 Å². The molecule has 3 aromatic carbocycles. The van der Waals surface area contributed by atoms with E-state index in [0.29, 0.717) is 0 Å². The van der Waals surface area contributed by atoms with Gasteiger partial charge in [-0.2, -0.15) is 43.9 Å². The van der Waals surface area contributed by atoms with Crippen molar-refractivity contribution in [2.75, 3.05) is 0 Å². The number of sulfonamides is 2. The number of hydrogen-bond donors (Lipinski definition) is 1. The van der Waals surface area contributed by atoms with Crippen molar-refractivity contribution in [2.45, 2.75) is 63.7 Å². The third-order valence-electron chi connectivity index (χ3n) is 5.47. The van der Waals surface area contributed by atoms with Crippen LogP contribution in [0, 0.1) is 0 Å². The van der Waals surface area contributed by atoms with E-state index >= 15 is 0 Å². The molecule has 0 aliphatic heterocycles. The second kappa shape index (κ2) is 12.9. The SMILES string of the molecule is CC(C)(C)c1ccc([S+](c2ccccc2)c2ccccc2)cc1.O=S(=O)(NS(=O)(=O)C(F)(F)C(F)(F)F)C(F)(F)C(F)(F)F. The molecule has 0 atom stereocenters. The Morgan fingerprint density at radius 1 is 0.500 bits per heavy atom. The van der Waals surface area contributed by atoms with Gasteiger partial charge in [-0.05, 0) is 47.4 Å². The van der Waals surface area contributed by atoms with Crippen LogP contribution in [0.25, 0.3) is 0 Å². The van der Waals surface area contributed by atoms with E-state index in [1.165, 1.54) is 20.2 Å². The Labute approximate surface area is 249 Å².